The van der Waals surface area contributed by atoms with E-state index in [0.29, 0.717) is 5.75 Å². The molecule has 0 radical (unpaired) electrons. The Morgan fingerprint density at radius 3 is 2.62 bits per heavy atom. The van der Waals surface area contributed by atoms with E-state index >= 15 is 0 Å². The van der Waals surface area contributed by atoms with E-state index in [1.807, 2.05) is 12.1 Å². The first kappa shape index (κ1) is 17.5. The molecule has 1 aromatic rings. The molecule has 0 aliphatic carbocycles. The minimum Gasteiger partial charge on any atom is -0.496 e. The van der Waals surface area contributed by atoms with Crippen molar-refractivity contribution >= 4 is 27.8 Å². The third-order valence-corrected chi connectivity index (χ3v) is 3.48. The molecule has 116 valence electrons. The van der Waals surface area contributed by atoms with Crippen LogP contribution in [0.3, 0.4) is 0 Å². The van der Waals surface area contributed by atoms with Gasteiger partial charge in [-0.25, -0.2) is 4.79 Å². The molecule has 1 amide bonds. The fourth-order valence-corrected chi connectivity index (χ4v) is 2.24. The first-order chi connectivity index (χ1) is 9.90. The number of nitrogens with one attached hydrogen (secondary N) is 1. The minimum absolute atomic E-state index is 0.181. The van der Waals surface area contributed by atoms with Gasteiger partial charge in [-0.1, -0.05) is 6.07 Å². The Bertz CT molecular complexity index is 522. The topological polar surface area (TPSA) is 90.7 Å². The van der Waals surface area contributed by atoms with Crippen LogP contribution >= 0.6 is 15.9 Å². The van der Waals surface area contributed by atoms with Crippen molar-refractivity contribution < 1.29 is 19.1 Å². The van der Waals surface area contributed by atoms with Crippen molar-refractivity contribution in [3.05, 3.63) is 28.2 Å². The van der Waals surface area contributed by atoms with Crippen molar-refractivity contribution in [3.63, 3.8) is 0 Å². The number of methoxy groups -OCH3 is 1. The van der Waals surface area contributed by atoms with E-state index < -0.39 is 17.9 Å². The number of nitrogens with two attached hydrogens (primary N) is 1. The summed E-state index contributed by atoms with van der Waals surface area (Å²) in [4.78, 5) is 23.3. The average molecular weight is 359 g/mol. The van der Waals surface area contributed by atoms with Gasteiger partial charge < -0.3 is 20.5 Å². The van der Waals surface area contributed by atoms with Gasteiger partial charge in [0.05, 0.1) is 24.2 Å². The molecule has 21 heavy (non-hydrogen) atoms. The van der Waals surface area contributed by atoms with E-state index in [0.717, 1.165) is 10.0 Å². The number of carbonyl (C=O) groups excluding carboxylic acids is 2. The molecule has 1 aromatic carbocycles. The minimum atomic E-state index is -1.32. The van der Waals surface area contributed by atoms with Crippen LogP contribution in [0.25, 0.3) is 0 Å². The molecule has 3 N–H and O–H groups in total. The lowest BCUT2D eigenvalue weighted by atomic mass is 10.1. The number of hydrogen-bond donors (Lipinski definition) is 2. The van der Waals surface area contributed by atoms with Crippen LogP contribution in [0.2, 0.25) is 0 Å². The molecule has 0 fully saturated rings. The first-order valence-corrected chi connectivity index (χ1v) is 7.26. The number of benzene rings is 1. The van der Waals surface area contributed by atoms with Crippen LogP contribution in [0.5, 0.6) is 5.75 Å². The van der Waals surface area contributed by atoms with Crippen LogP contribution in [0.4, 0.5) is 0 Å². The summed E-state index contributed by atoms with van der Waals surface area (Å²) in [7, 11) is 1.57. The van der Waals surface area contributed by atoms with Gasteiger partial charge in [-0.15, -0.1) is 0 Å². The zero-order chi connectivity index (χ0) is 16.0. The molecule has 0 bridgehead atoms. The fourth-order valence-electron chi connectivity index (χ4n) is 1.68. The van der Waals surface area contributed by atoms with E-state index in [4.69, 9.17) is 15.2 Å². The van der Waals surface area contributed by atoms with Crippen LogP contribution in [0.15, 0.2) is 22.7 Å². The monoisotopic (exact) mass is 358 g/mol. The number of carbonyl (C=O) groups is 2. The summed E-state index contributed by atoms with van der Waals surface area (Å²) in [6.07, 6.45) is 0. The summed E-state index contributed by atoms with van der Waals surface area (Å²) >= 11 is 3.38. The van der Waals surface area contributed by atoms with Crippen LogP contribution < -0.4 is 15.8 Å². The molecule has 2 unspecified atom stereocenters. The number of halogens is 1. The normalized spacial score (nSPS) is 13.2. The number of ether oxygens (including phenoxy) is 2. The van der Waals surface area contributed by atoms with Gasteiger partial charge in [0.25, 0.3) is 0 Å². The van der Waals surface area contributed by atoms with Crippen LogP contribution in [-0.2, 0) is 14.3 Å². The Balaban J connectivity index is 2.72. The largest absolute Gasteiger partial charge is 0.496 e. The molecule has 0 aliphatic rings. The van der Waals surface area contributed by atoms with Gasteiger partial charge in [-0.2, -0.15) is 0 Å². The van der Waals surface area contributed by atoms with E-state index in [9.17, 15) is 9.59 Å². The predicted molar refractivity (Wildman–Crippen MR) is 81.9 cm³/mol. The SMILES string of the molecule is CCOC(=O)C(N)C(=O)NC(C)c1ccc(OC)c(Br)c1. The van der Waals surface area contributed by atoms with Gasteiger partial charge in [-0.3, -0.25) is 4.79 Å². The molecule has 0 saturated carbocycles. The first-order valence-electron chi connectivity index (χ1n) is 6.46. The summed E-state index contributed by atoms with van der Waals surface area (Å²) in [5.74, 6) is -0.619. The van der Waals surface area contributed by atoms with Crippen molar-refractivity contribution in [2.45, 2.75) is 25.9 Å². The molecule has 1 rings (SSSR count). The Hall–Kier alpha value is -1.60. The highest BCUT2D eigenvalue weighted by Gasteiger charge is 2.24. The van der Waals surface area contributed by atoms with Crippen molar-refractivity contribution in [1.82, 2.24) is 5.32 Å². The van der Waals surface area contributed by atoms with Crippen molar-refractivity contribution in [1.29, 1.82) is 0 Å². The second-order valence-corrected chi connectivity index (χ2v) is 5.21. The summed E-state index contributed by atoms with van der Waals surface area (Å²) in [6.45, 7) is 3.63. The zero-order valence-electron chi connectivity index (χ0n) is 12.2. The lowest BCUT2D eigenvalue weighted by Crippen LogP contribution is -2.47. The number of rotatable bonds is 6. The second-order valence-electron chi connectivity index (χ2n) is 4.35. The van der Waals surface area contributed by atoms with Crippen molar-refractivity contribution in [3.8, 4) is 5.75 Å². The summed E-state index contributed by atoms with van der Waals surface area (Å²) in [5, 5.41) is 2.67. The standard InChI is InChI=1S/C14H19BrN2O4/c1-4-21-14(19)12(16)13(18)17-8(2)9-5-6-11(20-3)10(15)7-9/h5-8,12H,4,16H2,1-3H3,(H,17,18). The second kappa shape index (κ2) is 7.99. The van der Waals surface area contributed by atoms with Crippen molar-refractivity contribution in [2.75, 3.05) is 13.7 Å². The van der Waals surface area contributed by atoms with E-state index in [-0.39, 0.29) is 12.6 Å². The van der Waals surface area contributed by atoms with Gasteiger partial charge in [0.1, 0.15) is 5.75 Å². The Morgan fingerprint density at radius 2 is 2.10 bits per heavy atom. The molecule has 6 nitrogen and oxygen atoms in total. The zero-order valence-corrected chi connectivity index (χ0v) is 13.8. The maximum Gasteiger partial charge on any atom is 0.332 e. The Morgan fingerprint density at radius 1 is 1.43 bits per heavy atom. The van der Waals surface area contributed by atoms with E-state index in [1.54, 1.807) is 27.0 Å². The lowest BCUT2D eigenvalue weighted by Gasteiger charge is -2.18. The lowest BCUT2D eigenvalue weighted by molar-refractivity contribution is -0.148. The average Bonchev–Trinajstić information content (AvgIpc) is 2.46. The third-order valence-electron chi connectivity index (χ3n) is 2.86. The summed E-state index contributed by atoms with van der Waals surface area (Å²) in [6, 6.07) is 3.81. The number of esters is 1. The van der Waals surface area contributed by atoms with Gasteiger partial charge in [0, 0.05) is 0 Å². The smallest absolute Gasteiger partial charge is 0.332 e. The summed E-state index contributed by atoms with van der Waals surface area (Å²) < 4.78 is 10.6. The van der Waals surface area contributed by atoms with Crippen molar-refractivity contribution in [2.24, 2.45) is 5.73 Å². The number of hydrogen-bond acceptors (Lipinski definition) is 5. The Kier molecular flexibility index (Phi) is 6.64. The van der Waals surface area contributed by atoms with E-state index in [2.05, 4.69) is 21.2 Å². The predicted octanol–water partition coefficient (Wildman–Crippen LogP) is 1.53. The number of amides is 1. The third kappa shape index (κ3) is 4.71. The van der Waals surface area contributed by atoms with E-state index in [1.165, 1.54) is 0 Å². The highest BCUT2D eigenvalue weighted by atomic mass is 79.9. The quantitative estimate of drug-likeness (QED) is 0.594. The van der Waals surface area contributed by atoms with Gasteiger partial charge in [0.15, 0.2) is 6.04 Å². The van der Waals surface area contributed by atoms with Gasteiger partial charge >= 0.3 is 5.97 Å². The molecule has 7 heteroatoms. The van der Waals surface area contributed by atoms with Crippen LogP contribution in [0.1, 0.15) is 25.5 Å². The molecule has 2 atom stereocenters. The Labute approximate surface area is 132 Å². The van der Waals surface area contributed by atoms with Crippen LogP contribution in [-0.4, -0.2) is 31.6 Å². The maximum absolute atomic E-state index is 11.9. The summed E-state index contributed by atoms with van der Waals surface area (Å²) in [5.41, 5.74) is 6.39. The molecule has 0 heterocycles. The molecule has 0 saturated heterocycles. The van der Waals surface area contributed by atoms with Crippen LogP contribution in [0, 0.1) is 0 Å². The molecule has 0 aromatic heterocycles. The maximum atomic E-state index is 11.9. The molecule has 0 aliphatic heterocycles. The van der Waals surface area contributed by atoms with Gasteiger partial charge in [0.2, 0.25) is 5.91 Å². The highest BCUT2D eigenvalue weighted by Crippen LogP contribution is 2.27. The fraction of sp³-hybridized carbons (Fsp3) is 0.429. The highest BCUT2D eigenvalue weighted by molar-refractivity contribution is 9.10. The van der Waals surface area contributed by atoms with Gasteiger partial charge in [-0.05, 0) is 47.5 Å². The molecule has 0 spiro atoms. The molecular weight excluding hydrogens is 340 g/mol. The molecular formula is C14H19BrN2O4.